The smallest absolute Gasteiger partial charge is 0.269 e. The first-order chi connectivity index (χ1) is 14.0. The number of carbonyl (C=O) groups is 2. The Bertz CT molecular complexity index is 908. The van der Waals surface area contributed by atoms with E-state index in [1.54, 1.807) is 11.3 Å². The van der Waals surface area contributed by atoms with Gasteiger partial charge in [-0.15, -0.1) is 0 Å². The number of aryl methyl sites for hydroxylation is 1. The summed E-state index contributed by atoms with van der Waals surface area (Å²) in [6.07, 6.45) is 2.50. The van der Waals surface area contributed by atoms with E-state index in [-0.39, 0.29) is 11.8 Å². The molecular weight excluding hydrogens is 386 g/mol. The molecule has 6 nitrogen and oxygen atoms in total. The van der Waals surface area contributed by atoms with Crippen molar-refractivity contribution in [2.45, 2.75) is 44.8 Å². The summed E-state index contributed by atoms with van der Waals surface area (Å²) in [6, 6.07) is 10.0. The zero-order chi connectivity index (χ0) is 20.3. The number of hydrogen-bond donors (Lipinski definition) is 1. The molecular formula is C22H25N3O3S. The fraction of sp³-hybridized carbons (Fsp3) is 0.409. The molecule has 2 aromatic rings. The lowest BCUT2D eigenvalue weighted by Crippen LogP contribution is -2.51. The Morgan fingerprint density at radius 2 is 2.07 bits per heavy atom. The third-order valence-corrected chi connectivity index (χ3v) is 6.23. The van der Waals surface area contributed by atoms with Crippen LogP contribution in [0.4, 0.5) is 0 Å². The molecule has 2 aliphatic rings. The van der Waals surface area contributed by atoms with E-state index < -0.39 is 5.60 Å². The summed E-state index contributed by atoms with van der Waals surface area (Å²) >= 11 is 1.60. The van der Waals surface area contributed by atoms with Crippen molar-refractivity contribution in [3.05, 3.63) is 57.8 Å². The Balaban J connectivity index is 1.31. The Hall–Kier alpha value is -2.67. The Morgan fingerprint density at radius 1 is 1.24 bits per heavy atom. The van der Waals surface area contributed by atoms with Gasteiger partial charge in [0.2, 0.25) is 5.91 Å². The number of amides is 2. The summed E-state index contributed by atoms with van der Waals surface area (Å²) in [5, 5.41) is 11.0. The zero-order valence-corrected chi connectivity index (χ0v) is 17.3. The van der Waals surface area contributed by atoms with Gasteiger partial charge in [0, 0.05) is 19.5 Å². The first-order valence-corrected chi connectivity index (χ1v) is 10.8. The van der Waals surface area contributed by atoms with Gasteiger partial charge in [-0.3, -0.25) is 9.59 Å². The molecule has 1 atom stereocenters. The number of hydrogen-bond acceptors (Lipinski definition) is 5. The second-order valence-corrected chi connectivity index (χ2v) is 8.66. The van der Waals surface area contributed by atoms with Gasteiger partial charge in [-0.25, -0.2) is 0 Å². The summed E-state index contributed by atoms with van der Waals surface area (Å²) in [6.45, 7) is 3.69. The number of rotatable bonds is 5. The van der Waals surface area contributed by atoms with Crippen LogP contribution in [0, 0.1) is 6.92 Å². The van der Waals surface area contributed by atoms with E-state index in [2.05, 4.69) is 10.5 Å². The fourth-order valence-corrected chi connectivity index (χ4v) is 4.51. The number of piperidine rings is 1. The molecule has 4 rings (SSSR count). The highest BCUT2D eigenvalue weighted by Gasteiger charge is 2.45. The molecule has 1 saturated heterocycles. The molecule has 29 heavy (non-hydrogen) atoms. The number of nitrogens with one attached hydrogen (secondary N) is 1. The largest absolute Gasteiger partial charge is 0.386 e. The predicted molar refractivity (Wildman–Crippen MR) is 113 cm³/mol. The van der Waals surface area contributed by atoms with Crippen LogP contribution in [0.15, 0.2) is 46.2 Å². The maximum Gasteiger partial charge on any atom is 0.269 e. The minimum atomic E-state index is -0.570. The highest BCUT2D eigenvalue weighted by Crippen LogP contribution is 2.33. The van der Waals surface area contributed by atoms with E-state index in [0.717, 1.165) is 30.5 Å². The van der Waals surface area contributed by atoms with Crippen LogP contribution in [0.1, 0.15) is 36.0 Å². The monoisotopic (exact) mass is 411 g/mol. The molecule has 3 heterocycles. The summed E-state index contributed by atoms with van der Waals surface area (Å²) in [5.41, 5.74) is 3.11. The van der Waals surface area contributed by atoms with Crippen LogP contribution >= 0.6 is 11.3 Å². The lowest BCUT2D eigenvalue weighted by atomic mass is 9.87. The van der Waals surface area contributed by atoms with Gasteiger partial charge in [-0.1, -0.05) is 35.0 Å². The summed E-state index contributed by atoms with van der Waals surface area (Å²) in [5.74, 6) is -0.104. The van der Waals surface area contributed by atoms with Crippen LogP contribution < -0.4 is 5.32 Å². The molecule has 0 saturated carbocycles. The van der Waals surface area contributed by atoms with Crippen LogP contribution in [0.5, 0.6) is 0 Å². The summed E-state index contributed by atoms with van der Waals surface area (Å²) < 4.78 is 0. The average molecular weight is 412 g/mol. The lowest BCUT2D eigenvalue weighted by molar-refractivity contribution is -0.139. The van der Waals surface area contributed by atoms with Gasteiger partial charge in [0.15, 0.2) is 5.60 Å². The van der Waals surface area contributed by atoms with Crippen LogP contribution in [0.25, 0.3) is 0 Å². The topological polar surface area (TPSA) is 71.0 Å². The van der Waals surface area contributed by atoms with Crippen LogP contribution in [0.3, 0.4) is 0 Å². The van der Waals surface area contributed by atoms with Crippen molar-refractivity contribution in [1.29, 1.82) is 0 Å². The average Bonchev–Trinajstić information content (AvgIpc) is 3.38. The maximum absolute atomic E-state index is 12.7. The number of nitrogens with zero attached hydrogens (tertiary/aromatic N) is 2. The lowest BCUT2D eigenvalue weighted by Gasteiger charge is -2.38. The van der Waals surface area contributed by atoms with Crippen molar-refractivity contribution in [1.82, 2.24) is 10.2 Å². The molecule has 152 valence electrons. The van der Waals surface area contributed by atoms with Crippen molar-refractivity contribution < 1.29 is 14.4 Å². The molecule has 1 aromatic heterocycles. The van der Waals surface area contributed by atoms with Gasteiger partial charge in [-0.05, 0) is 47.7 Å². The minimum absolute atomic E-state index is 0.100. The van der Waals surface area contributed by atoms with Crippen molar-refractivity contribution in [3.63, 3.8) is 0 Å². The second-order valence-electron chi connectivity index (χ2n) is 7.88. The first kappa shape index (κ1) is 19.6. The molecule has 2 aliphatic heterocycles. The molecule has 0 bridgehead atoms. The zero-order valence-electron chi connectivity index (χ0n) is 16.5. The fourth-order valence-electron chi connectivity index (χ4n) is 3.84. The van der Waals surface area contributed by atoms with Crippen molar-refractivity contribution in [2.75, 3.05) is 13.1 Å². The second kappa shape index (κ2) is 8.37. The van der Waals surface area contributed by atoms with Gasteiger partial charge in [-0.2, -0.15) is 11.3 Å². The number of carbonyl (C=O) groups excluding carboxylic acids is 2. The van der Waals surface area contributed by atoms with Gasteiger partial charge in [0.25, 0.3) is 5.91 Å². The van der Waals surface area contributed by atoms with Crippen LogP contribution in [-0.4, -0.2) is 41.1 Å². The highest BCUT2D eigenvalue weighted by molar-refractivity contribution is 7.08. The van der Waals surface area contributed by atoms with Crippen LogP contribution in [-0.2, 0) is 27.4 Å². The molecule has 1 spiro atoms. The van der Waals surface area contributed by atoms with Gasteiger partial charge in [0.1, 0.15) is 5.71 Å². The maximum atomic E-state index is 12.7. The molecule has 1 aromatic carbocycles. The van der Waals surface area contributed by atoms with Crippen molar-refractivity contribution in [3.8, 4) is 0 Å². The Kier molecular flexibility index (Phi) is 5.67. The van der Waals surface area contributed by atoms with Gasteiger partial charge in [0.05, 0.1) is 13.0 Å². The minimum Gasteiger partial charge on any atom is -0.386 e. The predicted octanol–water partition coefficient (Wildman–Crippen LogP) is 3.05. The highest BCUT2D eigenvalue weighted by atomic mass is 32.1. The van der Waals surface area contributed by atoms with Gasteiger partial charge < -0.3 is 15.1 Å². The standard InChI is InChI=1S/C22H25N3O3S/c1-16-3-5-17(6-4-16)13-23-21(27)19-12-22(28-24-19)8-2-9-25(15-22)20(26)11-18-7-10-29-14-18/h3-7,10,14H,2,8-9,11-13,15H2,1H3,(H,23,27). The van der Waals surface area contributed by atoms with Crippen molar-refractivity contribution in [2.24, 2.45) is 5.16 Å². The number of benzene rings is 1. The number of thiophene rings is 1. The molecule has 0 aliphatic carbocycles. The molecule has 7 heteroatoms. The van der Waals surface area contributed by atoms with E-state index in [4.69, 9.17) is 4.84 Å². The molecule has 1 unspecified atom stereocenters. The SMILES string of the molecule is Cc1ccc(CNC(=O)C2=NOC3(CCCN(C(=O)Cc4ccsc4)C3)C2)cc1. The number of oxime groups is 1. The third kappa shape index (κ3) is 4.67. The third-order valence-electron chi connectivity index (χ3n) is 5.50. The summed E-state index contributed by atoms with van der Waals surface area (Å²) in [7, 11) is 0. The normalized spacial score (nSPS) is 21.0. The molecule has 2 amide bonds. The van der Waals surface area contributed by atoms with E-state index in [1.165, 1.54) is 5.56 Å². The quantitative estimate of drug-likeness (QED) is 0.822. The van der Waals surface area contributed by atoms with E-state index >= 15 is 0 Å². The van der Waals surface area contributed by atoms with E-state index in [1.807, 2.05) is 52.9 Å². The first-order valence-electron chi connectivity index (χ1n) is 9.91. The van der Waals surface area contributed by atoms with Gasteiger partial charge >= 0.3 is 0 Å². The number of likely N-dealkylation sites (tertiary alicyclic amines) is 1. The molecule has 1 fully saturated rings. The Labute approximate surface area is 174 Å². The summed E-state index contributed by atoms with van der Waals surface area (Å²) in [4.78, 5) is 32.8. The Morgan fingerprint density at radius 3 is 2.83 bits per heavy atom. The van der Waals surface area contributed by atoms with E-state index in [0.29, 0.717) is 31.6 Å². The van der Waals surface area contributed by atoms with E-state index in [9.17, 15) is 9.59 Å². The molecule has 0 radical (unpaired) electrons. The van der Waals surface area contributed by atoms with Crippen LogP contribution in [0.2, 0.25) is 0 Å². The van der Waals surface area contributed by atoms with Crippen molar-refractivity contribution >= 4 is 28.9 Å². The molecule has 1 N–H and O–H groups in total.